The van der Waals surface area contributed by atoms with E-state index in [-0.39, 0.29) is 0 Å². The highest BCUT2D eigenvalue weighted by atomic mass is 16.6. The van der Waals surface area contributed by atoms with E-state index in [4.69, 9.17) is 11.2 Å². The van der Waals surface area contributed by atoms with Gasteiger partial charge in [0.1, 0.15) is 11.2 Å². The average molecular weight is 303 g/mol. The number of carbonyl (C=O) groups excluding carboxylic acids is 1. The van der Waals surface area contributed by atoms with Crippen LogP contribution in [0.15, 0.2) is 30.3 Å². The zero-order valence-corrected chi connectivity index (χ0v) is 13.7. The molecule has 0 heterocycles. The highest BCUT2D eigenvalue weighted by molar-refractivity contribution is 5.68. The van der Waals surface area contributed by atoms with Gasteiger partial charge in [-0.2, -0.15) is 0 Å². The maximum absolute atomic E-state index is 12.0. The molecule has 0 aromatic heterocycles. The summed E-state index contributed by atoms with van der Waals surface area (Å²) in [6.45, 7) is 7.04. The summed E-state index contributed by atoms with van der Waals surface area (Å²) in [5, 5.41) is 13.6. The number of benzene rings is 1. The Labute approximate surface area is 132 Å². The van der Waals surface area contributed by atoms with Crippen LogP contribution in [0.1, 0.15) is 46.1 Å². The van der Waals surface area contributed by atoms with Gasteiger partial charge in [-0.25, -0.2) is 4.79 Å². The van der Waals surface area contributed by atoms with E-state index in [0.29, 0.717) is 18.4 Å². The minimum atomic E-state index is -1.24. The molecule has 120 valence electrons. The summed E-state index contributed by atoms with van der Waals surface area (Å²) in [5.74, 6) is 2.54. The number of terminal acetylenes is 1. The standard InChI is InChI=1S/C18H25NO3/c1-6-7-13-15(19-16(20)22-17(2,3)4)18(5,21)14-11-9-8-10-12-14/h1,8-12,15,21H,7,13H2,2-5H3,(H,19,20)/t15-,18+/m1/s1. The monoisotopic (exact) mass is 303 g/mol. The van der Waals surface area contributed by atoms with Crippen LogP contribution in [0.25, 0.3) is 0 Å². The molecule has 0 saturated carbocycles. The molecule has 0 aliphatic rings. The number of ether oxygens (including phenoxy) is 1. The quantitative estimate of drug-likeness (QED) is 0.821. The maximum Gasteiger partial charge on any atom is 0.407 e. The predicted octanol–water partition coefficient (Wildman–Crippen LogP) is 3.20. The highest BCUT2D eigenvalue weighted by Gasteiger charge is 2.35. The van der Waals surface area contributed by atoms with Crippen molar-refractivity contribution < 1.29 is 14.6 Å². The first-order valence-electron chi connectivity index (χ1n) is 7.37. The van der Waals surface area contributed by atoms with E-state index in [1.807, 2.05) is 30.3 Å². The third-order valence-corrected chi connectivity index (χ3v) is 3.31. The van der Waals surface area contributed by atoms with E-state index < -0.39 is 23.3 Å². The maximum atomic E-state index is 12.0. The predicted molar refractivity (Wildman–Crippen MR) is 87.2 cm³/mol. The molecule has 0 saturated heterocycles. The van der Waals surface area contributed by atoms with Crippen molar-refractivity contribution in [1.82, 2.24) is 5.32 Å². The molecule has 4 heteroatoms. The van der Waals surface area contributed by atoms with Crippen molar-refractivity contribution in [3.8, 4) is 12.3 Å². The number of hydrogen-bond donors (Lipinski definition) is 2. The van der Waals surface area contributed by atoms with Crippen LogP contribution in [0.4, 0.5) is 4.79 Å². The molecule has 0 fully saturated rings. The smallest absolute Gasteiger partial charge is 0.407 e. The Morgan fingerprint density at radius 1 is 1.32 bits per heavy atom. The van der Waals surface area contributed by atoms with Gasteiger partial charge in [0.15, 0.2) is 0 Å². The first-order chi connectivity index (χ1) is 10.2. The lowest BCUT2D eigenvalue weighted by Gasteiger charge is -2.34. The number of aliphatic hydroxyl groups is 1. The normalized spacial score (nSPS) is 15.3. The van der Waals surface area contributed by atoms with Crippen LogP contribution < -0.4 is 5.32 Å². The molecule has 1 aromatic carbocycles. The number of hydrogen-bond acceptors (Lipinski definition) is 3. The van der Waals surface area contributed by atoms with Crippen LogP contribution in [0.5, 0.6) is 0 Å². The molecule has 0 aliphatic heterocycles. The summed E-state index contributed by atoms with van der Waals surface area (Å²) in [5.41, 5.74) is -1.12. The first kappa shape index (κ1) is 18.1. The Morgan fingerprint density at radius 3 is 2.41 bits per heavy atom. The van der Waals surface area contributed by atoms with Crippen LogP contribution in [0, 0.1) is 12.3 Å². The summed E-state index contributed by atoms with van der Waals surface area (Å²) in [4.78, 5) is 12.0. The van der Waals surface area contributed by atoms with Gasteiger partial charge in [-0.15, -0.1) is 12.3 Å². The Bertz CT molecular complexity index is 524. The van der Waals surface area contributed by atoms with Gasteiger partial charge < -0.3 is 15.2 Å². The zero-order chi connectivity index (χ0) is 16.8. The molecule has 4 nitrogen and oxygen atoms in total. The fourth-order valence-electron chi connectivity index (χ4n) is 2.15. The van der Waals surface area contributed by atoms with Crippen molar-refractivity contribution >= 4 is 6.09 Å². The summed E-state index contributed by atoms with van der Waals surface area (Å²) >= 11 is 0. The molecule has 0 aliphatic carbocycles. The van der Waals surface area contributed by atoms with Crippen LogP contribution in [-0.4, -0.2) is 22.8 Å². The van der Waals surface area contributed by atoms with Crippen LogP contribution in [0.3, 0.4) is 0 Å². The molecule has 0 spiro atoms. The second-order valence-corrected chi connectivity index (χ2v) is 6.46. The van der Waals surface area contributed by atoms with Gasteiger partial charge >= 0.3 is 6.09 Å². The molecule has 2 N–H and O–H groups in total. The molecule has 0 radical (unpaired) electrons. The lowest BCUT2D eigenvalue weighted by molar-refractivity contribution is 0.000344. The Balaban J connectivity index is 2.92. The molecule has 0 bridgehead atoms. The summed E-state index contributed by atoms with van der Waals surface area (Å²) in [6.07, 6.45) is 5.66. The van der Waals surface area contributed by atoms with Gasteiger partial charge in [0.2, 0.25) is 0 Å². The van der Waals surface area contributed by atoms with Crippen LogP contribution in [0.2, 0.25) is 0 Å². The molecule has 2 atom stereocenters. The molecule has 22 heavy (non-hydrogen) atoms. The lowest BCUT2D eigenvalue weighted by atomic mass is 9.86. The third kappa shape index (κ3) is 5.42. The summed E-state index contributed by atoms with van der Waals surface area (Å²) in [6, 6.07) is 8.66. The van der Waals surface area contributed by atoms with Crippen molar-refractivity contribution in [2.75, 3.05) is 0 Å². The third-order valence-electron chi connectivity index (χ3n) is 3.31. The first-order valence-corrected chi connectivity index (χ1v) is 7.37. The second-order valence-electron chi connectivity index (χ2n) is 6.46. The van der Waals surface area contributed by atoms with E-state index in [1.165, 1.54) is 0 Å². The minimum absolute atomic E-state index is 0.448. The van der Waals surface area contributed by atoms with Crippen molar-refractivity contribution in [3.05, 3.63) is 35.9 Å². The van der Waals surface area contributed by atoms with Gasteiger partial charge in [-0.05, 0) is 39.7 Å². The van der Waals surface area contributed by atoms with Gasteiger partial charge in [0.05, 0.1) is 6.04 Å². The molecule has 1 amide bonds. The minimum Gasteiger partial charge on any atom is -0.444 e. The highest BCUT2D eigenvalue weighted by Crippen LogP contribution is 2.27. The summed E-state index contributed by atoms with van der Waals surface area (Å²) in [7, 11) is 0. The molecule has 1 aromatic rings. The van der Waals surface area contributed by atoms with Crippen molar-refractivity contribution in [2.45, 2.75) is 57.8 Å². The number of carbonyl (C=O) groups is 1. The fourth-order valence-corrected chi connectivity index (χ4v) is 2.15. The molecular weight excluding hydrogens is 278 g/mol. The number of nitrogens with one attached hydrogen (secondary N) is 1. The van der Waals surface area contributed by atoms with Gasteiger partial charge in [0, 0.05) is 6.42 Å². The van der Waals surface area contributed by atoms with Crippen molar-refractivity contribution in [2.24, 2.45) is 0 Å². The van der Waals surface area contributed by atoms with E-state index >= 15 is 0 Å². The largest absolute Gasteiger partial charge is 0.444 e. The molecule has 1 rings (SSSR count). The average Bonchev–Trinajstić information content (AvgIpc) is 2.42. The van der Waals surface area contributed by atoms with E-state index in [9.17, 15) is 9.90 Å². The Kier molecular flexibility index (Phi) is 6.01. The van der Waals surface area contributed by atoms with Crippen LogP contribution in [-0.2, 0) is 10.3 Å². The fraction of sp³-hybridized carbons (Fsp3) is 0.500. The second kappa shape index (κ2) is 7.33. The van der Waals surface area contributed by atoms with Gasteiger partial charge in [-0.3, -0.25) is 0 Å². The SMILES string of the molecule is C#CCC[C@@H](NC(=O)OC(C)(C)C)[C@@](C)(O)c1ccccc1. The van der Waals surface area contributed by atoms with Crippen LogP contribution >= 0.6 is 0 Å². The van der Waals surface area contributed by atoms with Crippen molar-refractivity contribution in [1.29, 1.82) is 0 Å². The summed E-state index contributed by atoms with van der Waals surface area (Å²) < 4.78 is 5.27. The van der Waals surface area contributed by atoms with E-state index in [2.05, 4.69) is 11.2 Å². The number of rotatable bonds is 5. The van der Waals surface area contributed by atoms with Gasteiger partial charge in [-0.1, -0.05) is 30.3 Å². The Morgan fingerprint density at radius 2 is 1.91 bits per heavy atom. The Hall–Kier alpha value is -1.99. The number of amides is 1. The van der Waals surface area contributed by atoms with E-state index in [0.717, 1.165) is 0 Å². The number of alkyl carbamates (subject to hydrolysis) is 1. The molecule has 0 unspecified atom stereocenters. The lowest BCUT2D eigenvalue weighted by Crippen LogP contribution is -2.50. The van der Waals surface area contributed by atoms with Crippen molar-refractivity contribution in [3.63, 3.8) is 0 Å². The van der Waals surface area contributed by atoms with Gasteiger partial charge in [0.25, 0.3) is 0 Å². The molecular formula is C18H25NO3. The van der Waals surface area contributed by atoms with E-state index in [1.54, 1.807) is 27.7 Å². The zero-order valence-electron chi connectivity index (χ0n) is 13.7. The topological polar surface area (TPSA) is 58.6 Å².